The standard InChI is InChI=1S/C69H134O17P2/c1-9-61(7)47-39-31-23-18-19-25-35-43-51-68(73)85-64(55-79-66(71)49-41-33-24-17-15-13-11-12-14-16-21-29-37-45-59(3)4)57-83-87(75,76)81-53-63(70)54-82-88(77,78)84-58-65(86-69(74)52-44-36-26-20-22-30-38-46-60(5)6)56-80-67(72)50-42-34-28-27-32-40-48-62(8)10-2/h59-65,70H,9-58H2,1-8H3,(H,75,76)(H,77,78)/t61?,62?,63-,64-,65-/m1/s1. The van der Waals surface area contributed by atoms with Gasteiger partial charge >= 0.3 is 39.5 Å². The summed E-state index contributed by atoms with van der Waals surface area (Å²) < 4.78 is 68.2. The number of carbonyl (C=O) groups is 4. The Kier molecular flexibility index (Phi) is 57.6. The van der Waals surface area contributed by atoms with E-state index in [1.165, 1.54) is 135 Å². The zero-order chi connectivity index (χ0) is 65.4. The van der Waals surface area contributed by atoms with Gasteiger partial charge < -0.3 is 33.8 Å². The average Bonchev–Trinajstić information content (AvgIpc) is 3.58. The monoisotopic (exact) mass is 1300 g/mol. The number of hydrogen-bond acceptors (Lipinski definition) is 15. The fourth-order valence-corrected chi connectivity index (χ4v) is 11.8. The second-order valence-corrected chi connectivity index (χ2v) is 29.3. The Morgan fingerprint density at radius 1 is 0.318 bits per heavy atom. The molecule has 522 valence electrons. The first-order valence-corrected chi connectivity index (χ1v) is 38.8. The maximum Gasteiger partial charge on any atom is 0.472 e. The van der Waals surface area contributed by atoms with E-state index < -0.39 is 97.5 Å². The Morgan fingerprint density at radius 3 is 0.807 bits per heavy atom. The minimum absolute atomic E-state index is 0.102. The third kappa shape index (κ3) is 60.3. The van der Waals surface area contributed by atoms with Gasteiger partial charge in [0.1, 0.15) is 19.3 Å². The average molecular weight is 1300 g/mol. The molecule has 19 heteroatoms. The maximum absolute atomic E-state index is 13.0. The van der Waals surface area contributed by atoms with Crippen LogP contribution in [0.25, 0.3) is 0 Å². The predicted octanol–water partition coefficient (Wildman–Crippen LogP) is 19.3. The molecule has 0 aromatic heterocycles. The molecule has 0 rings (SSSR count). The topological polar surface area (TPSA) is 237 Å². The smallest absolute Gasteiger partial charge is 0.462 e. The molecule has 0 spiro atoms. The summed E-state index contributed by atoms with van der Waals surface area (Å²) in [6.07, 6.45) is 40.4. The summed E-state index contributed by atoms with van der Waals surface area (Å²) in [7, 11) is -9.90. The predicted molar refractivity (Wildman–Crippen MR) is 354 cm³/mol. The quantitative estimate of drug-likeness (QED) is 0.0222. The Bertz CT molecular complexity index is 1750. The van der Waals surface area contributed by atoms with E-state index in [4.69, 9.17) is 37.0 Å². The molecule has 0 amide bonds. The molecule has 0 radical (unpaired) electrons. The van der Waals surface area contributed by atoms with Crippen molar-refractivity contribution < 1.29 is 80.2 Å². The highest BCUT2D eigenvalue weighted by Crippen LogP contribution is 2.45. The van der Waals surface area contributed by atoms with Gasteiger partial charge in [0, 0.05) is 25.7 Å². The number of aliphatic hydroxyl groups is 1. The Balaban J connectivity index is 5.24. The van der Waals surface area contributed by atoms with Crippen LogP contribution in [0.3, 0.4) is 0 Å². The molecule has 0 heterocycles. The Labute approximate surface area is 537 Å². The van der Waals surface area contributed by atoms with Crippen LogP contribution in [0, 0.1) is 23.7 Å². The summed E-state index contributed by atoms with van der Waals surface area (Å²) in [5.74, 6) is 0.852. The van der Waals surface area contributed by atoms with Crippen LogP contribution in [0.5, 0.6) is 0 Å². The highest BCUT2D eigenvalue weighted by Gasteiger charge is 2.30. The molecule has 17 nitrogen and oxygen atoms in total. The molecule has 0 aliphatic heterocycles. The van der Waals surface area contributed by atoms with Gasteiger partial charge in [-0.15, -0.1) is 0 Å². The zero-order valence-electron chi connectivity index (χ0n) is 57.3. The second-order valence-electron chi connectivity index (χ2n) is 26.4. The molecule has 0 saturated heterocycles. The van der Waals surface area contributed by atoms with Gasteiger partial charge in [-0.25, -0.2) is 9.13 Å². The van der Waals surface area contributed by atoms with E-state index in [9.17, 15) is 43.2 Å². The lowest BCUT2D eigenvalue weighted by atomic mass is 9.99. The number of esters is 4. The van der Waals surface area contributed by atoms with Crippen molar-refractivity contribution in [1.29, 1.82) is 0 Å². The number of ether oxygens (including phenoxy) is 4. The molecule has 0 bridgehead atoms. The number of hydrogen-bond donors (Lipinski definition) is 3. The summed E-state index contributed by atoms with van der Waals surface area (Å²) in [6, 6.07) is 0. The highest BCUT2D eigenvalue weighted by molar-refractivity contribution is 7.47. The van der Waals surface area contributed by atoms with E-state index in [1.807, 2.05) is 0 Å². The summed E-state index contributed by atoms with van der Waals surface area (Å²) in [5, 5.41) is 10.6. The fraction of sp³-hybridized carbons (Fsp3) is 0.942. The number of unbranched alkanes of at least 4 members (excludes halogenated alkanes) is 30. The van der Waals surface area contributed by atoms with Gasteiger partial charge in [-0.3, -0.25) is 37.3 Å². The first-order valence-electron chi connectivity index (χ1n) is 35.8. The van der Waals surface area contributed by atoms with Crippen LogP contribution in [-0.4, -0.2) is 96.7 Å². The van der Waals surface area contributed by atoms with Crippen LogP contribution < -0.4 is 0 Å². The normalized spacial score (nSPS) is 14.9. The molecule has 4 unspecified atom stereocenters. The fourth-order valence-electron chi connectivity index (χ4n) is 10.2. The van der Waals surface area contributed by atoms with Crippen molar-refractivity contribution in [2.45, 2.75) is 356 Å². The molecule has 0 saturated carbocycles. The van der Waals surface area contributed by atoms with E-state index in [0.29, 0.717) is 31.6 Å². The number of carbonyl (C=O) groups excluding carboxylic acids is 4. The molecule has 0 aliphatic rings. The van der Waals surface area contributed by atoms with Crippen molar-refractivity contribution in [3.63, 3.8) is 0 Å². The lowest BCUT2D eigenvalue weighted by Gasteiger charge is -2.21. The lowest BCUT2D eigenvalue weighted by molar-refractivity contribution is -0.161. The number of rotatable bonds is 66. The van der Waals surface area contributed by atoms with E-state index in [2.05, 4.69) is 55.4 Å². The third-order valence-corrected chi connectivity index (χ3v) is 18.4. The summed E-state index contributed by atoms with van der Waals surface area (Å²) in [4.78, 5) is 72.5. The Morgan fingerprint density at radius 2 is 0.545 bits per heavy atom. The zero-order valence-corrected chi connectivity index (χ0v) is 59.1. The van der Waals surface area contributed by atoms with Gasteiger partial charge in [0.05, 0.1) is 26.4 Å². The molecule has 0 aromatic carbocycles. The minimum atomic E-state index is -4.95. The van der Waals surface area contributed by atoms with Gasteiger partial charge in [0.15, 0.2) is 12.2 Å². The molecule has 3 N–H and O–H groups in total. The third-order valence-electron chi connectivity index (χ3n) is 16.5. The van der Waals surface area contributed by atoms with Gasteiger partial charge in [0.25, 0.3) is 0 Å². The van der Waals surface area contributed by atoms with Crippen molar-refractivity contribution in [3.8, 4) is 0 Å². The van der Waals surface area contributed by atoms with E-state index >= 15 is 0 Å². The van der Waals surface area contributed by atoms with Crippen molar-refractivity contribution in [2.75, 3.05) is 39.6 Å². The van der Waals surface area contributed by atoms with Crippen molar-refractivity contribution in [3.05, 3.63) is 0 Å². The highest BCUT2D eigenvalue weighted by atomic mass is 31.2. The maximum atomic E-state index is 13.0. The van der Waals surface area contributed by atoms with Gasteiger partial charge in [-0.1, -0.05) is 287 Å². The molecular weight excluding hydrogens is 1160 g/mol. The van der Waals surface area contributed by atoms with Crippen LogP contribution in [0.15, 0.2) is 0 Å². The number of phosphoric ester groups is 2. The first-order chi connectivity index (χ1) is 42.2. The summed E-state index contributed by atoms with van der Waals surface area (Å²) >= 11 is 0. The van der Waals surface area contributed by atoms with Gasteiger partial charge in [-0.05, 0) is 49.4 Å². The Hall–Kier alpha value is -1.94. The second kappa shape index (κ2) is 58.8. The number of aliphatic hydroxyl groups excluding tert-OH is 1. The van der Waals surface area contributed by atoms with Gasteiger partial charge in [0.2, 0.25) is 0 Å². The van der Waals surface area contributed by atoms with Crippen LogP contribution >= 0.6 is 15.6 Å². The van der Waals surface area contributed by atoms with Crippen LogP contribution in [-0.2, 0) is 65.4 Å². The minimum Gasteiger partial charge on any atom is -0.462 e. The molecule has 0 fully saturated rings. The summed E-state index contributed by atoms with van der Waals surface area (Å²) in [5.41, 5.74) is 0. The molecule has 88 heavy (non-hydrogen) atoms. The molecule has 7 atom stereocenters. The van der Waals surface area contributed by atoms with E-state index in [0.717, 1.165) is 114 Å². The molecular formula is C69H134O17P2. The number of phosphoric acid groups is 2. The van der Waals surface area contributed by atoms with Crippen LogP contribution in [0.4, 0.5) is 0 Å². The van der Waals surface area contributed by atoms with Gasteiger partial charge in [-0.2, -0.15) is 0 Å². The van der Waals surface area contributed by atoms with Crippen LogP contribution in [0.1, 0.15) is 338 Å². The largest absolute Gasteiger partial charge is 0.472 e. The van der Waals surface area contributed by atoms with E-state index in [-0.39, 0.29) is 25.7 Å². The van der Waals surface area contributed by atoms with Crippen LogP contribution in [0.2, 0.25) is 0 Å². The van der Waals surface area contributed by atoms with Crippen molar-refractivity contribution >= 4 is 39.5 Å². The summed E-state index contributed by atoms with van der Waals surface area (Å²) in [6.45, 7) is 14.0. The lowest BCUT2D eigenvalue weighted by Crippen LogP contribution is -2.30. The first kappa shape index (κ1) is 86.1. The van der Waals surface area contributed by atoms with E-state index in [1.54, 1.807) is 0 Å². The molecule has 0 aromatic rings. The SMILES string of the molecule is CCC(C)CCCCCCCCCCC(=O)O[C@H](COC(=O)CCCCCCCCCCCCCCCC(C)C)COP(=O)(O)OC[C@@H](O)COP(=O)(O)OC[C@@H](COC(=O)CCCCCCCCC(C)CC)OC(=O)CCCCCCCCCC(C)C. The molecule has 0 aliphatic carbocycles. The van der Waals surface area contributed by atoms with Crippen molar-refractivity contribution in [2.24, 2.45) is 23.7 Å². The van der Waals surface area contributed by atoms with Crippen molar-refractivity contribution in [1.82, 2.24) is 0 Å².